The Kier molecular flexibility index (Phi) is 3.25. The molecule has 0 spiro atoms. The van der Waals surface area contributed by atoms with Crippen molar-refractivity contribution in [3.63, 3.8) is 0 Å². The number of anilines is 2. The van der Waals surface area contributed by atoms with Crippen LogP contribution in [-0.4, -0.2) is 15.0 Å². The molecule has 0 saturated carbocycles. The second-order valence-corrected chi connectivity index (χ2v) is 5.68. The van der Waals surface area contributed by atoms with Gasteiger partial charge in [-0.1, -0.05) is 18.2 Å². The Labute approximate surface area is 131 Å². The first-order valence-corrected chi connectivity index (χ1v) is 7.74. The Hall–Kier alpha value is -2.79. The van der Waals surface area contributed by atoms with Gasteiger partial charge in [-0.25, -0.2) is 4.98 Å². The Morgan fingerprint density at radius 2 is 1.95 bits per heavy atom. The fourth-order valence-corrected chi connectivity index (χ4v) is 2.98. The number of hydrogen-bond donors (Lipinski definition) is 1. The highest BCUT2D eigenvalue weighted by atomic mass is 32.1. The zero-order valence-corrected chi connectivity index (χ0v) is 12.4. The van der Waals surface area contributed by atoms with Crippen LogP contribution in [0.25, 0.3) is 22.2 Å². The van der Waals surface area contributed by atoms with Crippen LogP contribution >= 0.6 is 11.3 Å². The number of aromatic nitrogens is 3. The predicted octanol–water partition coefficient (Wildman–Crippen LogP) is 4.50. The van der Waals surface area contributed by atoms with E-state index < -0.39 is 0 Å². The van der Waals surface area contributed by atoms with E-state index in [0.29, 0.717) is 0 Å². The molecule has 0 amide bonds. The van der Waals surface area contributed by atoms with Gasteiger partial charge >= 0.3 is 0 Å². The van der Waals surface area contributed by atoms with E-state index in [4.69, 9.17) is 0 Å². The molecule has 0 radical (unpaired) electrons. The number of para-hydroxylation sites is 1. The lowest BCUT2D eigenvalue weighted by Gasteiger charge is -2.03. The molecule has 0 atom stereocenters. The monoisotopic (exact) mass is 304 g/mol. The van der Waals surface area contributed by atoms with E-state index in [1.54, 1.807) is 17.5 Å². The second-order valence-electron chi connectivity index (χ2n) is 4.82. The Morgan fingerprint density at radius 1 is 1.00 bits per heavy atom. The van der Waals surface area contributed by atoms with Crippen LogP contribution in [0.4, 0.5) is 10.8 Å². The van der Waals surface area contributed by atoms with Gasteiger partial charge in [0.05, 0.1) is 23.1 Å². The number of rotatable bonds is 3. The van der Waals surface area contributed by atoms with Crippen molar-refractivity contribution in [2.45, 2.75) is 0 Å². The van der Waals surface area contributed by atoms with Gasteiger partial charge in [0.2, 0.25) is 0 Å². The van der Waals surface area contributed by atoms with Crippen molar-refractivity contribution in [3.05, 3.63) is 66.4 Å². The molecular formula is C17H12N4S. The van der Waals surface area contributed by atoms with Gasteiger partial charge in [-0.2, -0.15) is 0 Å². The summed E-state index contributed by atoms with van der Waals surface area (Å²) in [5, 5.41) is 7.28. The molecule has 3 heterocycles. The van der Waals surface area contributed by atoms with Gasteiger partial charge in [0.25, 0.3) is 0 Å². The van der Waals surface area contributed by atoms with E-state index in [-0.39, 0.29) is 0 Å². The molecule has 4 nitrogen and oxygen atoms in total. The van der Waals surface area contributed by atoms with Crippen LogP contribution in [0.1, 0.15) is 0 Å². The van der Waals surface area contributed by atoms with E-state index in [2.05, 4.69) is 32.4 Å². The second kappa shape index (κ2) is 5.54. The summed E-state index contributed by atoms with van der Waals surface area (Å²) in [4.78, 5) is 13.2. The lowest BCUT2D eigenvalue weighted by atomic mass is 10.2. The van der Waals surface area contributed by atoms with E-state index in [1.165, 1.54) is 0 Å². The summed E-state index contributed by atoms with van der Waals surface area (Å²) in [5.41, 5.74) is 3.87. The fourth-order valence-electron chi connectivity index (χ4n) is 2.24. The molecule has 0 aliphatic rings. The molecule has 0 aliphatic carbocycles. The standard InChI is InChI=1S/C17H12N4S/c1-2-6-15-12(4-1)8-14(10-19-15)20-17-21-16(11-22-17)13-5-3-7-18-9-13/h1-11H,(H,20,21). The fraction of sp³-hybridized carbons (Fsp3) is 0. The van der Waals surface area contributed by atoms with Gasteiger partial charge < -0.3 is 5.32 Å². The zero-order chi connectivity index (χ0) is 14.8. The van der Waals surface area contributed by atoms with Crippen molar-refractivity contribution in [2.75, 3.05) is 5.32 Å². The summed E-state index contributed by atoms with van der Waals surface area (Å²) in [5.74, 6) is 0. The minimum absolute atomic E-state index is 0.843. The molecule has 0 aliphatic heterocycles. The average Bonchev–Trinajstić information content (AvgIpc) is 3.04. The van der Waals surface area contributed by atoms with Crippen molar-refractivity contribution in [3.8, 4) is 11.3 Å². The summed E-state index contributed by atoms with van der Waals surface area (Å²) >= 11 is 1.57. The first kappa shape index (κ1) is 12.9. The number of fused-ring (bicyclic) bond motifs is 1. The van der Waals surface area contributed by atoms with Crippen molar-refractivity contribution < 1.29 is 0 Å². The van der Waals surface area contributed by atoms with Crippen molar-refractivity contribution in [1.82, 2.24) is 15.0 Å². The minimum Gasteiger partial charge on any atom is -0.330 e. The zero-order valence-electron chi connectivity index (χ0n) is 11.6. The summed E-state index contributed by atoms with van der Waals surface area (Å²) in [6.45, 7) is 0. The summed E-state index contributed by atoms with van der Waals surface area (Å²) in [6.07, 6.45) is 5.40. The van der Waals surface area contributed by atoms with Gasteiger partial charge in [-0.3, -0.25) is 9.97 Å². The molecule has 4 rings (SSSR count). The van der Waals surface area contributed by atoms with Gasteiger partial charge in [-0.15, -0.1) is 11.3 Å². The number of hydrogen-bond acceptors (Lipinski definition) is 5. The Morgan fingerprint density at radius 3 is 2.86 bits per heavy atom. The molecule has 1 aromatic carbocycles. The topological polar surface area (TPSA) is 50.7 Å². The molecular weight excluding hydrogens is 292 g/mol. The number of pyridine rings is 2. The number of nitrogens with zero attached hydrogens (tertiary/aromatic N) is 3. The SMILES string of the molecule is c1cncc(-c2csc(Nc3cnc4ccccc4c3)n2)c1. The molecule has 0 bridgehead atoms. The van der Waals surface area contributed by atoms with Crippen molar-refractivity contribution >= 4 is 33.1 Å². The van der Waals surface area contributed by atoms with Gasteiger partial charge in [0, 0.05) is 28.7 Å². The quantitative estimate of drug-likeness (QED) is 0.605. The Balaban J connectivity index is 1.61. The van der Waals surface area contributed by atoms with Crippen molar-refractivity contribution in [1.29, 1.82) is 0 Å². The van der Waals surface area contributed by atoms with Gasteiger partial charge in [0.1, 0.15) is 0 Å². The third-order valence-electron chi connectivity index (χ3n) is 3.30. The highest BCUT2D eigenvalue weighted by Crippen LogP contribution is 2.27. The maximum absolute atomic E-state index is 4.60. The van der Waals surface area contributed by atoms with E-state index >= 15 is 0 Å². The van der Waals surface area contributed by atoms with Crippen LogP contribution in [0, 0.1) is 0 Å². The predicted molar refractivity (Wildman–Crippen MR) is 90.4 cm³/mol. The molecule has 0 saturated heterocycles. The van der Waals surface area contributed by atoms with Crippen molar-refractivity contribution in [2.24, 2.45) is 0 Å². The van der Waals surface area contributed by atoms with Crippen LogP contribution in [0.3, 0.4) is 0 Å². The summed E-state index contributed by atoms with van der Waals surface area (Å²) in [7, 11) is 0. The molecule has 106 valence electrons. The third kappa shape index (κ3) is 2.54. The molecule has 4 aromatic rings. The molecule has 0 unspecified atom stereocenters. The highest BCUT2D eigenvalue weighted by Gasteiger charge is 2.05. The van der Waals surface area contributed by atoms with E-state index in [0.717, 1.165) is 33.0 Å². The maximum atomic E-state index is 4.60. The lowest BCUT2D eigenvalue weighted by Crippen LogP contribution is -1.91. The number of benzene rings is 1. The van der Waals surface area contributed by atoms with Crippen LogP contribution in [0.15, 0.2) is 66.4 Å². The minimum atomic E-state index is 0.843. The first-order valence-electron chi connectivity index (χ1n) is 6.86. The van der Waals surface area contributed by atoms with E-state index in [1.807, 2.05) is 48.1 Å². The number of thiazole rings is 1. The maximum Gasteiger partial charge on any atom is 0.187 e. The molecule has 0 fully saturated rings. The summed E-state index contributed by atoms with van der Waals surface area (Å²) in [6, 6.07) is 14.0. The largest absolute Gasteiger partial charge is 0.330 e. The van der Waals surface area contributed by atoms with Crippen LogP contribution in [-0.2, 0) is 0 Å². The highest BCUT2D eigenvalue weighted by molar-refractivity contribution is 7.14. The molecule has 1 N–H and O–H groups in total. The summed E-state index contributed by atoms with van der Waals surface area (Å²) < 4.78 is 0. The third-order valence-corrected chi connectivity index (χ3v) is 4.06. The molecule has 3 aromatic heterocycles. The molecule has 5 heteroatoms. The normalized spacial score (nSPS) is 10.7. The van der Waals surface area contributed by atoms with Crippen LogP contribution in [0.5, 0.6) is 0 Å². The van der Waals surface area contributed by atoms with Crippen LogP contribution < -0.4 is 5.32 Å². The van der Waals surface area contributed by atoms with Gasteiger partial charge in [-0.05, 0) is 24.3 Å². The van der Waals surface area contributed by atoms with E-state index in [9.17, 15) is 0 Å². The van der Waals surface area contributed by atoms with Gasteiger partial charge in [0.15, 0.2) is 5.13 Å². The van der Waals surface area contributed by atoms with Crippen LogP contribution in [0.2, 0.25) is 0 Å². The Bertz CT molecular complexity index is 918. The first-order chi connectivity index (χ1) is 10.9. The average molecular weight is 304 g/mol. The molecule has 22 heavy (non-hydrogen) atoms. The number of nitrogens with one attached hydrogen (secondary N) is 1. The lowest BCUT2D eigenvalue weighted by molar-refractivity contribution is 1.30. The smallest absolute Gasteiger partial charge is 0.187 e.